The van der Waals surface area contributed by atoms with Crippen molar-refractivity contribution in [1.82, 2.24) is 20.0 Å². The van der Waals surface area contributed by atoms with Crippen LogP contribution in [0.1, 0.15) is 21.6 Å². The summed E-state index contributed by atoms with van der Waals surface area (Å²) >= 11 is 1.62. The maximum absolute atomic E-state index is 12.8. The van der Waals surface area contributed by atoms with Crippen molar-refractivity contribution < 1.29 is 4.79 Å². The quantitative estimate of drug-likeness (QED) is 0.771. The molecule has 0 fully saturated rings. The van der Waals surface area contributed by atoms with Gasteiger partial charge >= 0.3 is 0 Å². The van der Waals surface area contributed by atoms with Crippen molar-refractivity contribution >= 4 is 17.2 Å². The molecular weight excluding hydrogens is 344 g/mol. The molecule has 3 aromatic rings. The number of rotatable bonds is 4. The molecule has 0 aliphatic carbocycles. The maximum atomic E-state index is 12.8. The van der Waals surface area contributed by atoms with Crippen molar-refractivity contribution in [1.29, 1.82) is 0 Å². The molecule has 0 radical (unpaired) electrons. The topological polar surface area (TPSA) is 52.2 Å². The zero-order valence-corrected chi connectivity index (χ0v) is 15.8. The Labute approximate surface area is 157 Å². The lowest BCUT2D eigenvalue weighted by atomic mass is 9.94. The van der Waals surface area contributed by atoms with Gasteiger partial charge in [-0.2, -0.15) is 16.4 Å². The third-order valence-corrected chi connectivity index (χ3v) is 5.76. The predicted molar refractivity (Wildman–Crippen MR) is 104 cm³/mol. The number of aromatic nitrogens is 2. The summed E-state index contributed by atoms with van der Waals surface area (Å²) in [6.07, 6.45) is 0.966. The molecule has 1 aromatic carbocycles. The second-order valence-corrected chi connectivity index (χ2v) is 7.69. The van der Waals surface area contributed by atoms with Crippen molar-refractivity contribution in [3.8, 4) is 11.3 Å². The van der Waals surface area contributed by atoms with E-state index in [1.54, 1.807) is 16.2 Å². The minimum Gasteiger partial charge on any atom is -0.339 e. The molecule has 1 N–H and O–H groups in total. The van der Waals surface area contributed by atoms with Gasteiger partial charge in [0.1, 0.15) is 5.69 Å². The number of H-pyrrole nitrogens is 1. The molecule has 6 heteroatoms. The van der Waals surface area contributed by atoms with Crippen LogP contribution in [0, 0.1) is 0 Å². The summed E-state index contributed by atoms with van der Waals surface area (Å²) in [5.41, 5.74) is 5.16. The number of hydrogen-bond donors (Lipinski definition) is 1. The lowest BCUT2D eigenvalue weighted by molar-refractivity contribution is 0.0728. The number of fused-ring (bicyclic) bond motifs is 1. The third kappa shape index (κ3) is 3.30. The van der Waals surface area contributed by atoms with Crippen LogP contribution < -0.4 is 0 Å². The Morgan fingerprint density at radius 2 is 2.15 bits per heavy atom. The van der Waals surface area contributed by atoms with Gasteiger partial charge in [0.2, 0.25) is 0 Å². The lowest BCUT2D eigenvalue weighted by Gasteiger charge is -2.36. The number of nitrogens with zero attached hydrogens (tertiary/aromatic N) is 3. The van der Waals surface area contributed by atoms with Gasteiger partial charge in [0.15, 0.2) is 0 Å². The van der Waals surface area contributed by atoms with Gasteiger partial charge in [-0.3, -0.25) is 14.8 Å². The molecule has 1 atom stereocenters. The molecule has 1 unspecified atom stereocenters. The number of carbonyl (C=O) groups is 1. The van der Waals surface area contributed by atoms with Gasteiger partial charge in [-0.05, 0) is 42.1 Å². The fourth-order valence-electron chi connectivity index (χ4n) is 3.52. The fraction of sp³-hybridized carbons (Fsp3) is 0.300. The largest absolute Gasteiger partial charge is 0.339 e. The summed E-state index contributed by atoms with van der Waals surface area (Å²) in [5.74, 6) is -0.0220. The van der Waals surface area contributed by atoms with E-state index in [0.717, 1.165) is 24.2 Å². The Kier molecular flexibility index (Phi) is 4.61. The molecule has 134 valence electrons. The second kappa shape index (κ2) is 7.05. The Bertz CT molecular complexity index is 902. The first-order chi connectivity index (χ1) is 12.6. The number of hydrogen-bond acceptors (Lipinski definition) is 4. The Balaban J connectivity index is 1.45. The summed E-state index contributed by atoms with van der Waals surface area (Å²) in [7, 11) is 3.99. The highest BCUT2D eigenvalue weighted by atomic mass is 32.1. The molecule has 0 saturated heterocycles. The van der Waals surface area contributed by atoms with Crippen LogP contribution in [0.25, 0.3) is 11.3 Å². The van der Waals surface area contributed by atoms with E-state index in [9.17, 15) is 4.79 Å². The lowest BCUT2D eigenvalue weighted by Crippen LogP contribution is -2.46. The minimum atomic E-state index is -0.0220. The van der Waals surface area contributed by atoms with Gasteiger partial charge in [0.25, 0.3) is 5.91 Å². The number of amides is 1. The number of carbonyl (C=O) groups excluding carboxylic acids is 1. The summed E-state index contributed by atoms with van der Waals surface area (Å²) in [6.45, 7) is 1.62. The van der Waals surface area contributed by atoms with Crippen LogP contribution in [0.5, 0.6) is 0 Å². The van der Waals surface area contributed by atoms with Crippen LogP contribution >= 0.6 is 11.3 Å². The Morgan fingerprint density at radius 1 is 1.35 bits per heavy atom. The van der Waals surface area contributed by atoms with E-state index in [2.05, 4.69) is 46.4 Å². The van der Waals surface area contributed by atoms with E-state index in [0.29, 0.717) is 18.3 Å². The first-order valence-corrected chi connectivity index (χ1v) is 9.66. The number of nitrogens with one attached hydrogen (secondary N) is 1. The molecule has 3 heterocycles. The highest BCUT2D eigenvalue weighted by molar-refractivity contribution is 7.08. The average Bonchev–Trinajstić information content (AvgIpc) is 3.33. The molecule has 1 aliphatic heterocycles. The molecule has 4 rings (SSSR count). The zero-order valence-electron chi connectivity index (χ0n) is 15.0. The second-order valence-electron chi connectivity index (χ2n) is 6.91. The molecular formula is C20H22N4OS. The van der Waals surface area contributed by atoms with Crippen LogP contribution in [-0.4, -0.2) is 52.6 Å². The molecule has 1 aliphatic rings. The van der Waals surface area contributed by atoms with E-state index >= 15 is 0 Å². The van der Waals surface area contributed by atoms with Gasteiger partial charge in [-0.15, -0.1) is 0 Å². The van der Waals surface area contributed by atoms with Gasteiger partial charge < -0.3 is 4.90 Å². The van der Waals surface area contributed by atoms with Crippen LogP contribution in [0.15, 0.2) is 47.2 Å². The Hall–Kier alpha value is -2.44. The molecule has 5 nitrogen and oxygen atoms in total. The number of aromatic amines is 1. The standard InChI is InChI=1S/C20H22N4OS/c1-23-11-15-6-4-3-5-14(15)9-17(23)12-24(2)20(25)19-10-18(21-22-19)16-7-8-26-13-16/h3-8,10,13,17H,9,11-12H2,1-2H3,(H,21,22). The smallest absolute Gasteiger partial charge is 0.271 e. The van der Waals surface area contributed by atoms with Crippen LogP contribution in [0.3, 0.4) is 0 Å². The van der Waals surface area contributed by atoms with Crippen molar-refractivity contribution in [2.45, 2.75) is 19.0 Å². The normalized spacial score (nSPS) is 17.1. The molecule has 0 saturated carbocycles. The van der Waals surface area contributed by atoms with Gasteiger partial charge in [-0.1, -0.05) is 24.3 Å². The number of thiophene rings is 1. The summed E-state index contributed by atoms with van der Waals surface area (Å²) < 4.78 is 0. The fourth-order valence-corrected chi connectivity index (χ4v) is 4.17. The van der Waals surface area contributed by atoms with Crippen molar-refractivity contribution in [3.63, 3.8) is 0 Å². The van der Waals surface area contributed by atoms with Gasteiger partial charge in [-0.25, -0.2) is 0 Å². The third-order valence-electron chi connectivity index (χ3n) is 5.07. The number of benzene rings is 1. The zero-order chi connectivity index (χ0) is 18.1. The highest BCUT2D eigenvalue weighted by Crippen LogP contribution is 2.23. The van der Waals surface area contributed by atoms with E-state index in [-0.39, 0.29) is 5.91 Å². The highest BCUT2D eigenvalue weighted by Gasteiger charge is 2.26. The molecule has 2 aromatic heterocycles. The molecule has 0 bridgehead atoms. The number of likely N-dealkylation sites (N-methyl/N-ethyl adjacent to an activating group) is 2. The van der Waals surface area contributed by atoms with Crippen LogP contribution in [-0.2, 0) is 13.0 Å². The SMILES string of the molecule is CN(CC1Cc2ccccc2CN1C)C(=O)c1cc(-c2ccsc2)n[nH]1. The summed E-state index contributed by atoms with van der Waals surface area (Å²) in [5, 5.41) is 11.2. The van der Waals surface area contributed by atoms with Crippen molar-refractivity contribution in [2.24, 2.45) is 0 Å². The minimum absolute atomic E-state index is 0.0220. The predicted octanol–water partition coefficient (Wildman–Crippen LogP) is 3.27. The van der Waals surface area contributed by atoms with Crippen molar-refractivity contribution in [2.75, 3.05) is 20.6 Å². The molecule has 1 amide bonds. The molecule has 0 spiro atoms. The van der Waals surface area contributed by atoms with Crippen LogP contribution in [0.2, 0.25) is 0 Å². The summed E-state index contributed by atoms with van der Waals surface area (Å²) in [4.78, 5) is 16.9. The van der Waals surface area contributed by atoms with E-state index < -0.39 is 0 Å². The first kappa shape index (κ1) is 17.0. The molecule has 26 heavy (non-hydrogen) atoms. The summed E-state index contributed by atoms with van der Waals surface area (Å²) in [6, 6.07) is 12.7. The monoisotopic (exact) mass is 366 g/mol. The maximum Gasteiger partial charge on any atom is 0.271 e. The van der Waals surface area contributed by atoms with E-state index in [1.165, 1.54) is 11.1 Å². The Morgan fingerprint density at radius 3 is 2.92 bits per heavy atom. The van der Waals surface area contributed by atoms with Crippen molar-refractivity contribution in [3.05, 3.63) is 64.0 Å². The van der Waals surface area contributed by atoms with E-state index in [4.69, 9.17) is 0 Å². The first-order valence-electron chi connectivity index (χ1n) is 8.72. The van der Waals surface area contributed by atoms with Crippen LogP contribution in [0.4, 0.5) is 0 Å². The van der Waals surface area contributed by atoms with Gasteiger partial charge in [0.05, 0.1) is 5.69 Å². The van der Waals surface area contributed by atoms with E-state index in [1.807, 2.05) is 29.9 Å². The van der Waals surface area contributed by atoms with Gasteiger partial charge in [0, 0.05) is 37.1 Å². The average molecular weight is 366 g/mol.